The Balaban J connectivity index is 0.929. The molecule has 0 bridgehead atoms. The molecule has 0 aliphatic heterocycles. The van der Waals surface area contributed by atoms with E-state index in [4.69, 9.17) is 4.42 Å². The van der Waals surface area contributed by atoms with Crippen molar-refractivity contribution in [1.29, 1.82) is 0 Å². The predicted octanol–water partition coefficient (Wildman–Crippen LogP) is 17.7. The van der Waals surface area contributed by atoms with Gasteiger partial charge in [0.2, 0.25) is 0 Å². The van der Waals surface area contributed by atoms with Crippen molar-refractivity contribution in [2.45, 2.75) is 11.3 Å². The summed E-state index contributed by atoms with van der Waals surface area (Å²) in [6.07, 6.45) is 9.32. The molecule has 10 aromatic carbocycles. The average Bonchev–Trinajstić information content (AvgIpc) is 4.09. The van der Waals surface area contributed by atoms with Gasteiger partial charge in [-0.25, -0.2) is 0 Å². The molecule has 70 heavy (non-hydrogen) atoms. The minimum absolute atomic E-state index is 0.213. The van der Waals surface area contributed by atoms with Crippen molar-refractivity contribution in [1.82, 2.24) is 4.57 Å². The highest BCUT2D eigenvalue weighted by Gasteiger charge is 2.53. The van der Waals surface area contributed by atoms with E-state index in [2.05, 4.69) is 276 Å². The second-order valence-corrected chi connectivity index (χ2v) is 18.7. The van der Waals surface area contributed by atoms with Crippen LogP contribution in [0, 0.1) is 5.92 Å². The summed E-state index contributed by atoms with van der Waals surface area (Å²) >= 11 is 0. The Morgan fingerprint density at radius 2 is 0.986 bits per heavy atom. The van der Waals surface area contributed by atoms with Crippen LogP contribution in [0.1, 0.15) is 28.2 Å². The molecule has 2 aliphatic carbocycles. The number of hydrogen-bond acceptors (Lipinski definition) is 2. The first-order valence-corrected chi connectivity index (χ1v) is 24.3. The van der Waals surface area contributed by atoms with Gasteiger partial charge in [-0.05, 0) is 106 Å². The van der Waals surface area contributed by atoms with Gasteiger partial charge in [0.25, 0.3) is 0 Å². The van der Waals surface area contributed by atoms with Gasteiger partial charge in [0.15, 0.2) is 0 Å². The number of benzene rings is 10. The molecule has 0 N–H and O–H groups in total. The Morgan fingerprint density at radius 1 is 0.414 bits per heavy atom. The van der Waals surface area contributed by atoms with Crippen molar-refractivity contribution in [3.8, 4) is 27.9 Å². The third-order valence-corrected chi connectivity index (χ3v) is 15.2. The molecule has 0 radical (unpaired) electrons. The zero-order chi connectivity index (χ0) is 46.2. The predicted molar refractivity (Wildman–Crippen MR) is 291 cm³/mol. The van der Waals surface area contributed by atoms with E-state index in [1.807, 2.05) is 0 Å². The maximum Gasteiger partial charge on any atom is 0.145 e. The highest BCUT2D eigenvalue weighted by molar-refractivity contribution is 6.24. The summed E-state index contributed by atoms with van der Waals surface area (Å²) in [4.78, 5) is 2.42. The first-order chi connectivity index (χ1) is 34.7. The van der Waals surface area contributed by atoms with Crippen molar-refractivity contribution in [3.05, 3.63) is 289 Å². The Morgan fingerprint density at radius 3 is 1.70 bits per heavy atom. The summed E-state index contributed by atoms with van der Waals surface area (Å²) in [5, 5.41) is 4.54. The molecule has 0 spiro atoms. The minimum Gasteiger partial charge on any atom is -0.455 e. The average molecular weight is 895 g/mol. The van der Waals surface area contributed by atoms with Crippen molar-refractivity contribution < 1.29 is 4.42 Å². The second-order valence-electron chi connectivity index (χ2n) is 18.7. The fraction of sp³-hybridized carbons (Fsp3) is 0.0448. The van der Waals surface area contributed by atoms with Crippen molar-refractivity contribution in [2.24, 2.45) is 5.92 Å². The van der Waals surface area contributed by atoms with Gasteiger partial charge >= 0.3 is 0 Å². The molecule has 0 saturated carbocycles. The molecule has 2 aromatic heterocycles. The summed E-state index contributed by atoms with van der Waals surface area (Å²) < 4.78 is 9.47. The summed E-state index contributed by atoms with van der Waals surface area (Å²) in [5.41, 5.74) is 18.0. The van der Waals surface area contributed by atoms with Crippen LogP contribution in [0.3, 0.4) is 0 Å². The lowest BCUT2D eigenvalue weighted by atomic mass is 9.63. The highest BCUT2D eigenvalue weighted by atomic mass is 16.3. The number of anilines is 3. The van der Waals surface area contributed by atoms with Gasteiger partial charge < -0.3 is 13.9 Å². The lowest BCUT2D eigenvalue weighted by molar-refractivity contribution is 0.457. The van der Waals surface area contributed by atoms with E-state index in [9.17, 15) is 0 Å². The smallest absolute Gasteiger partial charge is 0.145 e. The van der Waals surface area contributed by atoms with Gasteiger partial charge in [-0.1, -0.05) is 200 Å². The Bertz CT molecular complexity index is 3940. The number of nitrogens with zero attached hydrogens (tertiary/aromatic N) is 2. The zero-order valence-electron chi connectivity index (χ0n) is 38.4. The van der Waals surface area contributed by atoms with Crippen molar-refractivity contribution in [2.75, 3.05) is 4.90 Å². The van der Waals surface area contributed by atoms with E-state index in [1.54, 1.807) is 0 Å². The van der Waals surface area contributed by atoms with E-state index in [0.29, 0.717) is 0 Å². The van der Waals surface area contributed by atoms with Crippen molar-refractivity contribution >= 4 is 60.8 Å². The summed E-state index contributed by atoms with van der Waals surface area (Å²) in [6.45, 7) is 0. The molecule has 12 aromatic rings. The molecule has 2 aliphatic rings. The molecule has 2 unspecified atom stereocenters. The molecule has 330 valence electrons. The maximum atomic E-state index is 7.11. The summed E-state index contributed by atoms with van der Waals surface area (Å²) in [7, 11) is 0. The third-order valence-electron chi connectivity index (χ3n) is 15.2. The number of aromatic nitrogens is 1. The normalized spacial score (nSPS) is 15.7. The Hall–Kier alpha value is -8.92. The Labute approximate surface area is 407 Å². The second kappa shape index (κ2) is 16.1. The summed E-state index contributed by atoms with van der Waals surface area (Å²) in [6, 6.07) is 88.6. The highest BCUT2D eigenvalue weighted by Crippen LogP contribution is 2.60. The monoisotopic (exact) mass is 894 g/mol. The lowest BCUT2D eigenvalue weighted by Crippen LogP contribution is -2.35. The van der Waals surface area contributed by atoms with E-state index in [1.165, 1.54) is 38.8 Å². The van der Waals surface area contributed by atoms with E-state index in [-0.39, 0.29) is 11.8 Å². The number of fused-ring (bicyclic) bond motifs is 10. The molecular formula is C67H46N2O. The number of furan rings is 1. The van der Waals surface area contributed by atoms with Gasteiger partial charge in [0.1, 0.15) is 11.2 Å². The third kappa shape index (κ3) is 6.08. The van der Waals surface area contributed by atoms with Gasteiger partial charge in [-0.15, -0.1) is 0 Å². The first kappa shape index (κ1) is 40.2. The van der Waals surface area contributed by atoms with Crippen molar-refractivity contribution in [3.63, 3.8) is 0 Å². The lowest BCUT2D eigenvalue weighted by Gasteiger charge is -2.39. The van der Waals surface area contributed by atoms with Crippen LogP contribution in [0.25, 0.3) is 71.7 Å². The number of para-hydroxylation sites is 3. The number of hydrogen-bond donors (Lipinski definition) is 0. The van der Waals surface area contributed by atoms with Crippen LogP contribution in [-0.2, 0) is 5.41 Å². The van der Waals surface area contributed by atoms with E-state index < -0.39 is 5.41 Å². The van der Waals surface area contributed by atoms with Gasteiger partial charge in [0.05, 0.1) is 21.8 Å². The number of rotatable bonds is 8. The van der Waals surface area contributed by atoms with Crippen LogP contribution < -0.4 is 4.90 Å². The molecule has 2 heterocycles. The van der Waals surface area contributed by atoms with Crippen LogP contribution in [0.5, 0.6) is 0 Å². The molecule has 0 amide bonds. The SMILES string of the molecule is C1=CC2c3ccc(N(c4ccc(-c5ccccc5)cc4)c4ccc(-c5cccc6c5oc5c6ccc6c5c5ccccc5n6-c5ccccc5)cc4)cc3C(c3ccccc3)(c3ccccc3)C2C=C1. The van der Waals surface area contributed by atoms with Crippen LogP contribution >= 0.6 is 0 Å². The van der Waals surface area contributed by atoms with Crippen LogP contribution in [0.2, 0.25) is 0 Å². The van der Waals surface area contributed by atoms with Gasteiger partial charge in [-0.2, -0.15) is 0 Å². The van der Waals surface area contributed by atoms with Gasteiger partial charge in [-0.3, -0.25) is 0 Å². The molecule has 3 heteroatoms. The fourth-order valence-electron chi connectivity index (χ4n) is 12.1. The molecular weight excluding hydrogens is 849 g/mol. The van der Waals surface area contributed by atoms with Crippen LogP contribution in [-0.4, -0.2) is 4.57 Å². The molecule has 2 atom stereocenters. The number of allylic oxidation sites excluding steroid dienone is 4. The van der Waals surface area contributed by atoms with E-state index >= 15 is 0 Å². The van der Waals surface area contributed by atoms with Crippen LogP contribution in [0.4, 0.5) is 17.1 Å². The molecule has 0 fully saturated rings. The quantitative estimate of drug-likeness (QED) is 0.152. The first-order valence-electron chi connectivity index (χ1n) is 24.3. The van der Waals surface area contributed by atoms with Gasteiger partial charge in [0, 0.05) is 56.3 Å². The molecule has 0 saturated heterocycles. The largest absolute Gasteiger partial charge is 0.455 e. The zero-order valence-corrected chi connectivity index (χ0v) is 38.4. The Kier molecular flexibility index (Phi) is 9.25. The van der Waals surface area contributed by atoms with E-state index in [0.717, 1.165) is 72.2 Å². The maximum absolute atomic E-state index is 7.11. The molecule has 3 nitrogen and oxygen atoms in total. The topological polar surface area (TPSA) is 21.3 Å². The minimum atomic E-state index is -0.403. The standard InChI is InChI=1S/C67H46N2O/c1-5-18-45(19-6-1)46-32-36-51(37-33-46)68(53-40-41-56-55-26-13-15-30-60(55)67(61(56)44-53,48-20-7-2-8-21-48)49-22-9-3-10-23-49)52-38-34-47(35-39-52)54-28-17-29-57-58-42-43-63-64(66(58)70-65(54)57)59-27-14-16-31-62(59)69(63)50-24-11-4-12-25-50/h1-44,55,60H. The molecule has 14 rings (SSSR count). The van der Waals surface area contributed by atoms with Crippen LogP contribution in [0.15, 0.2) is 271 Å². The summed E-state index contributed by atoms with van der Waals surface area (Å²) in [5.74, 6) is 0.455. The fourth-order valence-corrected chi connectivity index (χ4v) is 12.1.